The molecule has 3 aromatic rings. The van der Waals surface area contributed by atoms with E-state index in [4.69, 9.17) is 0 Å². The monoisotopic (exact) mass is 411 g/mol. The highest BCUT2D eigenvalue weighted by Crippen LogP contribution is 2.33. The van der Waals surface area contributed by atoms with Crippen molar-refractivity contribution >= 4 is 23.1 Å². The molecule has 1 N–H and O–H groups in total. The van der Waals surface area contributed by atoms with Gasteiger partial charge in [0.15, 0.2) is 0 Å². The minimum Gasteiger partial charge on any atom is -0.350 e. The molecule has 5 nitrogen and oxygen atoms in total. The van der Waals surface area contributed by atoms with E-state index in [1.165, 1.54) is 4.90 Å². The Balaban J connectivity index is 1.79. The molecule has 2 aromatic carbocycles. The molecule has 0 saturated carbocycles. The van der Waals surface area contributed by atoms with Crippen molar-refractivity contribution in [2.45, 2.75) is 34.2 Å². The van der Waals surface area contributed by atoms with E-state index in [0.29, 0.717) is 17.0 Å². The van der Waals surface area contributed by atoms with Crippen LogP contribution in [0.25, 0.3) is 5.57 Å². The molecule has 0 saturated heterocycles. The number of imide groups is 1. The third-order valence-electron chi connectivity index (χ3n) is 5.65. The molecule has 0 aliphatic carbocycles. The Bertz CT molecular complexity index is 1210. The summed E-state index contributed by atoms with van der Waals surface area (Å²) >= 11 is 0. The highest BCUT2D eigenvalue weighted by molar-refractivity contribution is 6.36. The molecule has 0 fully saturated rings. The van der Waals surface area contributed by atoms with Gasteiger partial charge in [-0.15, -0.1) is 0 Å². The first-order valence-electron chi connectivity index (χ1n) is 10.3. The molecule has 2 heterocycles. The zero-order chi connectivity index (χ0) is 22.1. The number of amides is 2. The van der Waals surface area contributed by atoms with Crippen LogP contribution in [0.4, 0.5) is 5.69 Å². The van der Waals surface area contributed by atoms with Crippen LogP contribution in [0.15, 0.2) is 66.5 Å². The maximum Gasteiger partial charge on any atom is 0.278 e. The molecule has 0 bridgehead atoms. The normalized spacial score (nSPS) is 13.9. The van der Waals surface area contributed by atoms with E-state index in [-0.39, 0.29) is 18.4 Å². The second-order valence-corrected chi connectivity index (χ2v) is 8.01. The summed E-state index contributed by atoms with van der Waals surface area (Å²) in [6.07, 6.45) is 1.66. The maximum absolute atomic E-state index is 13.4. The van der Waals surface area contributed by atoms with E-state index < -0.39 is 0 Å². The molecule has 0 unspecified atom stereocenters. The number of hydrogen-bond donors (Lipinski definition) is 1. The average molecular weight is 412 g/mol. The van der Waals surface area contributed by atoms with Crippen LogP contribution in [0, 0.1) is 27.7 Å². The van der Waals surface area contributed by atoms with Crippen molar-refractivity contribution in [3.63, 3.8) is 0 Å². The largest absolute Gasteiger partial charge is 0.350 e. The van der Waals surface area contributed by atoms with Crippen LogP contribution in [-0.4, -0.2) is 21.7 Å². The fraction of sp³-hybridized carbons (Fsp3) is 0.192. The van der Waals surface area contributed by atoms with Gasteiger partial charge in [-0.3, -0.25) is 19.5 Å². The van der Waals surface area contributed by atoms with Crippen LogP contribution in [0.1, 0.15) is 33.5 Å². The van der Waals surface area contributed by atoms with Crippen molar-refractivity contribution < 1.29 is 9.59 Å². The average Bonchev–Trinajstić information content (AvgIpc) is 2.97. The predicted octanol–water partition coefficient (Wildman–Crippen LogP) is 4.71. The van der Waals surface area contributed by atoms with Gasteiger partial charge in [0.2, 0.25) is 0 Å². The van der Waals surface area contributed by atoms with Gasteiger partial charge in [0.1, 0.15) is 5.70 Å². The first kappa shape index (κ1) is 20.5. The lowest BCUT2D eigenvalue weighted by atomic mass is 9.99. The Morgan fingerprint density at radius 3 is 2.32 bits per heavy atom. The number of aryl methyl sites for hydroxylation is 4. The molecule has 0 spiro atoms. The molecule has 31 heavy (non-hydrogen) atoms. The minimum atomic E-state index is -0.344. The summed E-state index contributed by atoms with van der Waals surface area (Å²) in [6.45, 7) is 8.17. The van der Waals surface area contributed by atoms with E-state index in [2.05, 4.69) is 10.3 Å². The van der Waals surface area contributed by atoms with Gasteiger partial charge in [-0.25, -0.2) is 0 Å². The summed E-state index contributed by atoms with van der Waals surface area (Å²) in [5.41, 5.74) is 7.25. The van der Waals surface area contributed by atoms with Gasteiger partial charge < -0.3 is 5.32 Å². The fourth-order valence-electron chi connectivity index (χ4n) is 3.74. The lowest BCUT2D eigenvalue weighted by Gasteiger charge is -2.15. The second kappa shape index (κ2) is 8.19. The third-order valence-corrected chi connectivity index (χ3v) is 5.65. The number of carbonyl (C=O) groups excluding carboxylic acids is 2. The molecular formula is C26H25N3O2. The highest BCUT2D eigenvalue weighted by atomic mass is 16.2. The Morgan fingerprint density at radius 1 is 0.839 bits per heavy atom. The van der Waals surface area contributed by atoms with E-state index in [1.807, 2.05) is 82.3 Å². The van der Waals surface area contributed by atoms with Crippen LogP contribution < -0.4 is 5.32 Å². The Morgan fingerprint density at radius 2 is 1.65 bits per heavy atom. The van der Waals surface area contributed by atoms with Gasteiger partial charge in [0.05, 0.1) is 17.8 Å². The quantitative estimate of drug-likeness (QED) is 0.618. The molecule has 1 aliphatic rings. The third kappa shape index (κ3) is 3.99. The maximum atomic E-state index is 13.4. The highest BCUT2D eigenvalue weighted by Gasteiger charge is 2.39. The molecule has 0 atom stereocenters. The SMILES string of the molecule is Cc1ccc(NC2=C(c3ccc(C)c(C)c3)C(=O)N(Cc3ccccn3)C2=O)c(C)c1. The van der Waals surface area contributed by atoms with Crippen molar-refractivity contribution in [2.24, 2.45) is 0 Å². The molecule has 1 aromatic heterocycles. The number of anilines is 1. The first-order valence-corrected chi connectivity index (χ1v) is 10.3. The van der Waals surface area contributed by atoms with Crippen LogP contribution in [0.2, 0.25) is 0 Å². The van der Waals surface area contributed by atoms with Gasteiger partial charge in [0, 0.05) is 11.9 Å². The molecule has 0 radical (unpaired) electrons. The second-order valence-electron chi connectivity index (χ2n) is 8.01. The fourth-order valence-corrected chi connectivity index (χ4v) is 3.74. The van der Waals surface area contributed by atoms with Crippen molar-refractivity contribution in [1.82, 2.24) is 9.88 Å². The van der Waals surface area contributed by atoms with Crippen molar-refractivity contribution in [1.29, 1.82) is 0 Å². The summed E-state index contributed by atoms with van der Waals surface area (Å²) < 4.78 is 0. The van der Waals surface area contributed by atoms with Crippen molar-refractivity contribution in [2.75, 3.05) is 5.32 Å². The summed E-state index contributed by atoms with van der Waals surface area (Å²) in [7, 11) is 0. The number of nitrogens with one attached hydrogen (secondary N) is 1. The predicted molar refractivity (Wildman–Crippen MR) is 122 cm³/mol. The molecule has 4 rings (SSSR count). The molecule has 5 heteroatoms. The van der Waals surface area contributed by atoms with Gasteiger partial charge in [-0.05, 0) is 68.1 Å². The zero-order valence-corrected chi connectivity index (χ0v) is 18.2. The Kier molecular flexibility index (Phi) is 5.42. The van der Waals surface area contributed by atoms with E-state index in [9.17, 15) is 9.59 Å². The lowest BCUT2D eigenvalue weighted by molar-refractivity contribution is -0.137. The van der Waals surface area contributed by atoms with Crippen LogP contribution in [0.5, 0.6) is 0 Å². The minimum absolute atomic E-state index is 0.130. The van der Waals surface area contributed by atoms with Gasteiger partial charge in [-0.1, -0.05) is 42.0 Å². The molecule has 156 valence electrons. The van der Waals surface area contributed by atoms with Crippen molar-refractivity contribution in [3.05, 3.63) is 100 Å². The van der Waals surface area contributed by atoms with E-state index in [1.54, 1.807) is 6.20 Å². The van der Waals surface area contributed by atoms with E-state index >= 15 is 0 Å². The summed E-state index contributed by atoms with van der Waals surface area (Å²) in [5.74, 6) is -0.657. The molecule has 2 amide bonds. The number of carbonyl (C=O) groups is 2. The number of benzene rings is 2. The topological polar surface area (TPSA) is 62.3 Å². The van der Waals surface area contributed by atoms with Crippen LogP contribution in [-0.2, 0) is 16.1 Å². The summed E-state index contributed by atoms with van der Waals surface area (Å²) in [6, 6.07) is 17.3. The van der Waals surface area contributed by atoms with Gasteiger partial charge in [0.25, 0.3) is 11.8 Å². The van der Waals surface area contributed by atoms with Gasteiger partial charge in [-0.2, -0.15) is 0 Å². The molecule has 1 aliphatic heterocycles. The summed E-state index contributed by atoms with van der Waals surface area (Å²) in [4.78, 5) is 32.4. The first-order chi connectivity index (χ1) is 14.8. The number of rotatable bonds is 5. The number of nitrogens with zero attached hydrogens (tertiary/aromatic N) is 2. The standard InChI is InChI=1S/C26H25N3O2/c1-16-8-11-22(19(4)13-16)28-24-23(20-10-9-17(2)18(3)14-20)25(30)29(26(24)31)15-21-7-5-6-12-27-21/h5-14,28H,15H2,1-4H3. The van der Waals surface area contributed by atoms with Gasteiger partial charge >= 0.3 is 0 Å². The van der Waals surface area contributed by atoms with Crippen LogP contribution >= 0.6 is 0 Å². The van der Waals surface area contributed by atoms with Crippen LogP contribution in [0.3, 0.4) is 0 Å². The molecular weight excluding hydrogens is 386 g/mol. The lowest BCUT2D eigenvalue weighted by Crippen LogP contribution is -2.32. The number of hydrogen-bond acceptors (Lipinski definition) is 4. The number of pyridine rings is 1. The Labute approximate surface area is 182 Å². The number of aromatic nitrogens is 1. The smallest absolute Gasteiger partial charge is 0.278 e. The van der Waals surface area contributed by atoms with Crippen molar-refractivity contribution in [3.8, 4) is 0 Å². The van der Waals surface area contributed by atoms with E-state index in [0.717, 1.165) is 33.5 Å². The Hall–Kier alpha value is -3.73. The zero-order valence-electron chi connectivity index (χ0n) is 18.2. The summed E-state index contributed by atoms with van der Waals surface area (Å²) in [5, 5.41) is 3.26.